The summed E-state index contributed by atoms with van der Waals surface area (Å²) in [6, 6.07) is 5.45. The van der Waals surface area contributed by atoms with Crippen LogP contribution in [0.5, 0.6) is 0 Å². The molecular formula is C21H27N3O3. The molecule has 0 bridgehead atoms. The zero-order valence-electron chi connectivity index (χ0n) is 15.9. The van der Waals surface area contributed by atoms with Crippen LogP contribution in [0.3, 0.4) is 0 Å². The third kappa shape index (κ3) is 3.45. The molecule has 2 saturated heterocycles. The molecule has 1 unspecified atom stereocenters. The number of amides is 3. The van der Waals surface area contributed by atoms with Gasteiger partial charge in [-0.05, 0) is 43.2 Å². The standard InChI is InChI=1S/C21H27N3O3/c1-14-4-3-9-24(13-14)20(26)15-7-10-23(11-8-15)21(27)17-6-2-5-16-12-22-19(25)18(16)17/h2,5-6,14-15H,3-4,7-13H2,1H3,(H,22,25). The molecule has 6 nitrogen and oxygen atoms in total. The second-order valence-corrected chi connectivity index (χ2v) is 8.12. The Hall–Kier alpha value is -2.37. The summed E-state index contributed by atoms with van der Waals surface area (Å²) >= 11 is 0. The Labute approximate surface area is 159 Å². The van der Waals surface area contributed by atoms with Crippen molar-refractivity contribution in [3.63, 3.8) is 0 Å². The summed E-state index contributed by atoms with van der Waals surface area (Å²) in [7, 11) is 0. The van der Waals surface area contributed by atoms with Gasteiger partial charge in [0.15, 0.2) is 0 Å². The minimum Gasteiger partial charge on any atom is -0.348 e. The Morgan fingerprint density at radius 3 is 2.59 bits per heavy atom. The van der Waals surface area contributed by atoms with Gasteiger partial charge >= 0.3 is 0 Å². The highest BCUT2D eigenvalue weighted by atomic mass is 16.2. The molecule has 0 spiro atoms. The van der Waals surface area contributed by atoms with Crippen molar-refractivity contribution in [2.24, 2.45) is 11.8 Å². The van der Waals surface area contributed by atoms with Gasteiger partial charge in [0.1, 0.15) is 0 Å². The number of likely N-dealkylation sites (tertiary alicyclic amines) is 2. The zero-order chi connectivity index (χ0) is 19.0. The molecule has 6 heteroatoms. The van der Waals surface area contributed by atoms with E-state index in [1.165, 1.54) is 6.42 Å². The van der Waals surface area contributed by atoms with Gasteiger partial charge in [-0.25, -0.2) is 0 Å². The van der Waals surface area contributed by atoms with Gasteiger partial charge in [-0.2, -0.15) is 0 Å². The van der Waals surface area contributed by atoms with Crippen molar-refractivity contribution in [1.29, 1.82) is 0 Å². The first-order valence-electron chi connectivity index (χ1n) is 10.0. The number of fused-ring (bicyclic) bond motifs is 1. The summed E-state index contributed by atoms with van der Waals surface area (Å²) in [5, 5.41) is 2.79. The molecule has 1 N–H and O–H groups in total. The number of hydrogen-bond donors (Lipinski definition) is 1. The normalized spacial score (nSPS) is 23.1. The topological polar surface area (TPSA) is 69.7 Å². The van der Waals surface area contributed by atoms with E-state index in [0.29, 0.717) is 49.5 Å². The monoisotopic (exact) mass is 369 g/mol. The summed E-state index contributed by atoms with van der Waals surface area (Å²) in [5.41, 5.74) is 1.88. The number of piperidine rings is 2. The first-order chi connectivity index (χ1) is 13.0. The minimum atomic E-state index is -0.168. The molecule has 0 radical (unpaired) electrons. The summed E-state index contributed by atoms with van der Waals surface area (Å²) < 4.78 is 0. The maximum absolute atomic E-state index is 13.0. The van der Waals surface area contributed by atoms with E-state index >= 15 is 0 Å². The number of carbonyl (C=O) groups is 3. The van der Waals surface area contributed by atoms with Gasteiger partial charge in [0.05, 0.1) is 11.1 Å². The average Bonchev–Trinajstić information content (AvgIpc) is 3.08. The second kappa shape index (κ2) is 7.33. The molecule has 0 aromatic heterocycles. The molecule has 3 amide bonds. The van der Waals surface area contributed by atoms with Gasteiger partial charge in [-0.15, -0.1) is 0 Å². The highest BCUT2D eigenvalue weighted by molar-refractivity contribution is 6.09. The van der Waals surface area contributed by atoms with Crippen LogP contribution in [-0.4, -0.2) is 53.7 Å². The smallest absolute Gasteiger partial charge is 0.254 e. The highest BCUT2D eigenvalue weighted by Crippen LogP contribution is 2.26. The van der Waals surface area contributed by atoms with E-state index in [2.05, 4.69) is 12.2 Å². The van der Waals surface area contributed by atoms with E-state index < -0.39 is 0 Å². The molecule has 2 fully saturated rings. The van der Waals surface area contributed by atoms with E-state index in [0.717, 1.165) is 25.1 Å². The predicted molar refractivity (Wildman–Crippen MR) is 101 cm³/mol. The average molecular weight is 369 g/mol. The van der Waals surface area contributed by atoms with Gasteiger partial charge in [-0.1, -0.05) is 19.1 Å². The summed E-state index contributed by atoms with van der Waals surface area (Å²) in [4.78, 5) is 41.7. The molecule has 3 aliphatic rings. The lowest BCUT2D eigenvalue weighted by atomic mass is 9.92. The van der Waals surface area contributed by atoms with Crippen molar-refractivity contribution >= 4 is 17.7 Å². The largest absolute Gasteiger partial charge is 0.348 e. The minimum absolute atomic E-state index is 0.0177. The van der Waals surface area contributed by atoms with E-state index in [4.69, 9.17) is 0 Å². The lowest BCUT2D eigenvalue weighted by Gasteiger charge is -2.37. The molecule has 27 heavy (non-hydrogen) atoms. The Morgan fingerprint density at radius 2 is 1.85 bits per heavy atom. The summed E-state index contributed by atoms with van der Waals surface area (Å²) in [5.74, 6) is 0.591. The highest BCUT2D eigenvalue weighted by Gasteiger charge is 2.33. The van der Waals surface area contributed by atoms with Crippen LogP contribution < -0.4 is 5.32 Å². The van der Waals surface area contributed by atoms with Crippen LogP contribution in [0.1, 0.15) is 58.9 Å². The van der Waals surface area contributed by atoms with Crippen LogP contribution in [0.2, 0.25) is 0 Å². The van der Waals surface area contributed by atoms with Crippen LogP contribution in [0, 0.1) is 11.8 Å². The number of nitrogens with zero attached hydrogens (tertiary/aromatic N) is 2. The van der Waals surface area contributed by atoms with Gasteiger partial charge in [-0.3, -0.25) is 14.4 Å². The van der Waals surface area contributed by atoms with Gasteiger partial charge < -0.3 is 15.1 Å². The summed E-state index contributed by atoms with van der Waals surface area (Å²) in [6.45, 7) is 5.57. The molecule has 1 aromatic rings. The molecule has 144 valence electrons. The first kappa shape index (κ1) is 18.0. The third-order valence-electron chi connectivity index (χ3n) is 6.15. The molecule has 1 atom stereocenters. The fourth-order valence-electron chi connectivity index (χ4n) is 4.61. The van der Waals surface area contributed by atoms with Crippen molar-refractivity contribution in [2.45, 2.75) is 39.2 Å². The molecule has 3 heterocycles. The molecule has 4 rings (SSSR count). The molecular weight excluding hydrogens is 342 g/mol. The zero-order valence-corrected chi connectivity index (χ0v) is 15.9. The van der Waals surface area contributed by atoms with E-state index in [1.54, 1.807) is 11.0 Å². The molecule has 3 aliphatic heterocycles. The predicted octanol–water partition coefficient (Wildman–Crippen LogP) is 2.04. The fourth-order valence-corrected chi connectivity index (χ4v) is 4.61. The molecule has 0 saturated carbocycles. The van der Waals surface area contributed by atoms with Gasteiger partial charge in [0.25, 0.3) is 11.8 Å². The van der Waals surface area contributed by atoms with Crippen LogP contribution in [0.4, 0.5) is 0 Å². The molecule has 0 aliphatic carbocycles. The Morgan fingerprint density at radius 1 is 1.07 bits per heavy atom. The van der Waals surface area contributed by atoms with Crippen molar-refractivity contribution in [3.05, 3.63) is 34.9 Å². The van der Waals surface area contributed by atoms with E-state index in [9.17, 15) is 14.4 Å². The summed E-state index contributed by atoms with van der Waals surface area (Å²) in [6.07, 6.45) is 3.70. The number of carbonyl (C=O) groups excluding carboxylic acids is 3. The van der Waals surface area contributed by atoms with Crippen molar-refractivity contribution in [1.82, 2.24) is 15.1 Å². The SMILES string of the molecule is CC1CCCN(C(=O)C2CCN(C(=O)c3cccc4c3C(=O)NC4)CC2)C1. The number of hydrogen-bond acceptors (Lipinski definition) is 3. The first-order valence-corrected chi connectivity index (χ1v) is 10.0. The second-order valence-electron chi connectivity index (χ2n) is 8.12. The van der Waals surface area contributed by atoms with E-state index in [-0.39, 0.29) is 23.6 Å². The van der Waals surface area contributed by atoms with Crippen LogP contribution in [0.15, 0.2) is 18.2 Å². The fraction of sp³-hybridized carbons (Fsp3) is 0.571. The third-order valence-corrected chi connectivity index (χ3v) is 6.15. The van der Waals surface area contributed by atoms with Crippen LogP contribution in [0.25, 0.3) is 0 Å². The van der Waals surface area contributed by atoms with Crippen molar-refractivity contribution in [2.75, 3.05) is 26.2 Å². The van der Waals surface area contributed by atoms with Crippen LogP contribution in [-0.2, 0) is 11.3 Å². The number of rotatable bonds is 2. The van der Waals surface area contributed by atoms with Gasteiger partial charge in [0, 0.05) is 38.6 Å². The lowest BCUT2D eigenvalue weighted by molar-refractivity contribution is -0.138. The number of benzene rings is 1. The molecule has 1 aromatic carbocycles. The Kier molecular flexibility index (Phi) is 4.89. The maximum Gasteiger partial charge on any atom is 0.254 e. The number of nitrogens with one attached hydrogen (secondary N) is 1. The van der Waals surface area contributed by atoms with Gasteiger partial charge in [0.2, 0.25) is 5.91 Å². The van der Waals surface area contributed by atoms with E-state index in [1.807, 2.05) is 17.0 Å². The van der Waals surface area contributed by atoms with Crippen molar-refractivity contribution < 1.29 is 14.4 Å². The lowest BCUT2D eigenvalue weighted by Crippen LogP contribution is -2.47. The van der Waals surface area contributed by atoms with Crippen LogP contribution >= 0.6 is 0 Å². The maximum atomic E-state index is 13.0. The quantitative estimate of drug-likeness (QED) is 0.867. The Balaban J connectivity index is 1.40. The Bertz CT molecular complexity index is 768. The van der Waals surface area contributed by atoms with Crippen molar-refractivity contribution in [3.8, 4) is 0 Å².